The zero-order valence-electron chi connectivity index (χ0n) is 19.2. The number of amides is 2. The number of nitrogens with one attached hydrogen (secondary N) is 2. The van der Waals surface area contributed by atoms with Gasteiger partial charge in [-0.1, -0.05) is 41.6 Å². The summed E-state index contributed by atoms with van der Waals surface area (Å²) >= 11 is 0.951. The van der Waals surface area contributed by atoms with Crippen molar-refractivity contribution >= 4 is 40.9 Å². The van der Waals surface area contributed by atoms with E-state index in [0.717, 1.165) is 17.3 Å². The number of hydrogen-bond donors (Lipinski definition) is 2. The van der Waals surface area contributed by atoms with Crippen molar-refractivity contribution in [2.24, 2.45) is 5.92 Å². The van der Waals surface area contributed by atoms with E-state index in [1.54, 1.807) is 19.1 Å². The van der Waals surface area contributed by atoms with Gasteiger partial charge in [-0.2, -0.15) is 5.26 Å². The van der Waals surface area contributed by atoms with Crippen molar-refractivity contribution in [2.75, 3.05) is 18.2 Å². The van der Waals surface area contributed by atoms with E-state index in [1.807, 2.05) is 19.1 Å². The van der Waals surface area contributed by atoms with Gasteiger partial charge in [0.15, 0.2) is 0 Å². The van der Waals surface area contributed by atoms with Crippen molar-refractivity contribution in [3.05, 3.63) is 79.9 Å². The molecule has 2 unspecified atom stereocenters. The van der Waals surface area contributed by atoms with Crippen molar-refractivity contribution in [1.82, 2.24) is 5.32 Å². The Bertz CT molecular complexity index is 1270. The number of esters is 1. The molecule has 11 heteroatoms. The number of methoxy groups -OCH3 is 1. The van der Waals surface area contributed by atoms with Gasteiger partial charge in [0.25, 0.3) is 5.69 Å². The Kier molecular flexibility index (Phi) is 7.88. The Morgan fingerprint density at radius 3 is 2.49 bits per heavy atom. The molecule has 0 saturated carbocycles. The van der Waals surface area contributed by atoms with Crippen LogP contribution in [0.2, 0.25) is 0 Å². The fourth-order valence-corrected chi connectivity index (χ4v) is 4.53. The summed E-state index contributed by atoms with van der Waals surface area (Å²) in [6.45, 7) is 3.52. The number of benzene rings is 2. The Morgan fingerprint density at radius 1 is 1.23 bits per heavy atom. The van der Waals surface area contributed by atoms with E-state index >= 15 is 0 Å². The number of ether oxygens (including phenoxy) is 1. The van der Waals surface area contributed by atoms with Gasteiger partial charge in [-0.3, -0.25) is 24.5 Å². The SMILES string of the molecule is COC(=O)C1C(=O)NC(SCC(=O)Nc2ccc([N+](=O)[O-])cc2C)=C(C#N)C1c1ccc(C)cc1. The Morgan fingerprint density at radius 2 is 1.91 bits per heavy atom. The average Bonchev–Trinajstić information content (AvgIpc) is 2.83. The number of non-ortho nitro benzene ring substituents is 1. The summed E-state index contributed by atoms with van der Waals surface area (Å²) in [5.74, 6) is -4.11. The van der Waals surface area contributed by atoms with Gasteiger partial charge in [0.05, 0.1) is 34.5 Å². The minimum absolute atomic E-state index is 0.0917. The van der Waals surface area contributed by atoms with Crippen LogP contribution < -0.4 is 10.6 Å². The maximum atomic E-state index is 12.9. The molecule has 2 aromatic rings. The predicted octanol–water partition coefficient (Wildman–Crippen LogP) is 3.32. The Hall–Kier alpha value is -4.17. The third kappa shape index (κ3) is 5.67. The number of nitro groups is 1. The lowest BCUT2D eigenvalue weighted by atomic mass is 9.78. The molecule has 10 nitrogen and oxygen atoms in total. The van der Waals surface area contributed by atoms with Crippen LogP contribution in [-0.2, 0) is 19.1 Å². The van der Waals surface area contributed by atoms with Gasteiger partial charge in [-0.05, 0) is 31.0 Å². The fourth-order valence-electron chi connectivity index (χ4n) is 3.68. The molecule has 1 aliphatic heterocycles. The molecular formula is C24H22N4O6S. The minimum atomic E-state index is -1.25. The van der Waals surface area contributed by atoms with E-state index in [1.165, 1.54) is 25.3 Å². The molecular weight excluding hydrogens is 472 g/mol. The second-order valence-corrected chi connectivity index (χ2v) is 8.81. The van der Waals surface area contributed by atoms with Crippen molar-refractivity contribution in [2.45, 2.75) is 19.8 Å². The number of nitrogens with zero attached hydrogens (tertiary/aromatic N) is 2. The van der Waals surface area contributed by atoms with Gasteiger partial charge in [0.1, 0.15) is 5.92 Å². The normalized spacial score (nSPS) is 17.3. The molecule has 0 aromatic heterocycles. The standard InChI is InChI=1S/C24H22N4O6S/c1-13-4-6-15(7-5-13)20-17(11-25)23(27-22(30)21(20)24(31)34-3)35-12-19(29)26-18-9-8-16(28(32)33)10-14(18)2/h4-10,20-21H,12H2,1-3H3,(H,26,29)(H,27,30). The summed E-state index contributed by atoms with van der Waals surface area (Å²) in [6.07, 6.45) is 0. The second kappa shape index (κ2) is 10.8. The first-order valence-corrected chi connectivity index (χ1v) is 11.4. The highest BCUT2D eigenvalue weighted by molar-refractivity contribution is 8.03. The highest BCUT2D eigenvalue weighted by Gasteiger charge is 2.44. The van der Waals surface area contributed by atoms with Gasteiger partial charge in [0.2, 0.25) is 11.8 Å². The summed E-state index contributed by atoms with van der Waals surface area (Å²) < 4.78 is 4.82. The monoisotopic (exact) mass is 494 g/mol. The third-order valence-electron chi connectivity index (χ3n) is 5.46. The fraction of sp³-hybridized carbons (Fsp3) is 0.250. The zero-order valence-corrected chi connectivity index (χ0v) is 20.0. The van der Waals surface area contributed by atoms with Crippen LogP contribution >= 0.6 is 11.8 Å². The lowest BCUT2D eigenvalue weighted by Gasteiger charge is -2.31. The van der Waals surface area contributed by atoms with Crippen LogP contribution in [-0.4, -0.2) is 35.6 Å². The summed E-state index contributed by atoms with van der Waals surface area (Å²) in [7, 11) is 1.17. The van der Waals surface area contributed by atoms with Crippen LogP contribution in [0.25, 0.3) is 0 Å². The highest BCUT2D eigenvalue weighted by Crippen LogP contribution is 2.40. The van der Waals surface area contributed by atoms with Gasteiger partial charge >= 0.3 is 5.97 Å². The van der Waals surface area contributed by atoms with E-state index in [4.69, 9.17) is 4.74 Å². The second-order valence-electron chi connectivity index (χ2n) is 7.83. The van der Waals surface area contributed by atoms with Crippen molar-refractivity contribution in [3.8, 4) is 6.07 Å². The Labute approximate surface area is 205 Å². The molecule has 0 aliphatic carbocycles. The summed E-state index contributed by atoms with van der Waals surface area (Å²) in [5.41, 5.74) is 2.55. The number of aryl methyl sites for hydroxylation is 2. The van der Waals surface area contributed by atoms with Crippen molar-refractivity contribution in [1.29, 1.82) is 5.26 Å². The number of nitriles is 1. The number of anilines is 1. The first-order valence-electron chi connectivity index (χ1n) is 10.4. The number of nitro benzene ring substituents is 1. The van der Waals surface area contributed by atoms with Gasteiger partial charge in [-0.15, -0.1) is 0 Å². The quantitative estimate of drug-likeness (QED) is 0.257. The zero-order chi connectivity index (χ0) is 25.7. The van der Waals surface area contributed by atoms with Crippen LogP contribution in [0, 0.1) is 41.2 Å². The molecule has 2 N–H and O–H groups in total. The van der Waals surface area contributed by atoms with Crippen LogP contribution in [0.15, 0.2) is 53.1 Å². The number of rotatable bonds is 7. The topological polar surface area (TPSA) is 151 Å². The molecule has 0 spiro atoms. The average molecular weight is 495 g/mol. The number of allylic oxidation sites excluding steroid dienone is 1. The summed E-state index contributed by atoms with van der Waals surface area (Å²) in [6, 6.07) is 13.3. The van der Waals surface area contributed by atoms with E-state index < -0.39 is 34.5 Å². The molecule has 0 fully saturated rings. The van der Waals surface area contributed by atoms with Crippen molar-refractivity contribution in [3.63, 3.8) is 0 Å². The smallest absolute Gasteiger partial charge is 0.319 e. The number of hydrogen-bond acceptors (Lipinski definition) is 8. The van der Waals surface area contributed by atoms with Crippen LogP contribution in [0.4, 0.5) is 11.4 Å². The minimum Gasteiger partial charge on any atom is -0.468 e. The first kappa shape index (κ1) is 25.5. The van der Waals surface area contributed by atoms with E-state index in [0.29, 0.717) is 16.8 Å². The maximum absolute atomic E-state index is 12.9. The van der Waals surface area contributed by atoms with Gasteiger partial charge in [0, 0.05) is 23.7 Å². The number of carbonyl (C=O) groups is 3. The van der Waals surface area contributed by atoms with Crippen LogP contribution in [0.1, 0.15) is 22.6 Å². The highest BCUT2D eigenvalue weighted by atomic mass is 32.2. The molecule has 2 amide bonds. The van der Waals surface area contributed by atoms with E-state index in [-0.39, 0.29) is 22.0 Å². The van der Waals surface area contributed by atoms with Crippen LogP contribution in [0.3, 0.4) is 0 Å². The summed E-state index contributed by atoms with van der Waals surface area (Å²) in [5, 5.41) is 26.3. The first-order chi connectivity index (χ1) is 16.7. The molecule has 2 atom stereocenters. The van der Waals surface area contributed by atoms with Gasteiger partial charge in [-0.25, -0.2) is 0 Å². The van der Waals surface area contributed by atoms with Gasteiger partial charge < -0.3 is 15.4 Å². The van der Waals surface area contributed by atoms with E-state index in [9.17, 15) is 29.8 Å². The molecule has 2 aromatic carbocycles. The molecule has 0 bridgehead atoms. The van der Waals surface area contributed by atoms with E-state index in [2.05, 4.69) is 16.7 Å². The number of thioether (sulfide) groups is 1. The lowest BCUT2D eigenvalue weighted by Crippen LogP contribution is -2.44. The summed E-state index contributed by atoms with van der Waals surface area (Å²) in [4.78, 5) is 48.2. The Balaban J connectivity index is 1.86. The maximum Gasteiger partial charge on any atom is 0.319 e. The third-order valence-corrected chi connectivity index (χ3v) is 6.48. The number of carbonyl (C=O) groups excluding carboxylic acids is 3. The molecule has 1 heterocycles. The lowest BCUT2D eigenvalue weighted by molar-refractivity contribution is -0.384. The van der Waals surface area contributed by atoms with Crippen LogP contribution in [0.5, 0.6) is 0 Å². The molecule has 0 radical (unpaired) electrons. The van der Waals surface area contributed by atoms with Crippen molar-refractivity contribution < 1.29 is 24.0 Å². The molecule has 3 rings (SSSR count). The molecule has 180 valence electrons. The predicted molar refractivity (Wildman–Crippen MR) is 129 cm³/mol. The molecule has 0 saturated heterocycles. The molecule has 35 heavy (non-hydrogen) atoms. The largest absolute Gasteiger partial charge is 0.468 e. The molecule has 1 aliphatic rings.